The highest BCUT2D eigenvalue weighted by atomic mass is 19.4. The van der Waals surface area contributed by atoms with Gasteiger partial charge in [0, 0.05) is 17.1 Å². The molecule has 25 heteroatoms. The maximum Gasteiger partial charge on any atom is 0.631 e. The molecular weight excluding hydrogens is 731 g/mol. The third kappa shape index (κ3) is 16.6. The van der Waals surface area contributed by atoms with Crippen molar-refractivity contribution in [3.63, 3.8) is 0 Å². The van der Waals surface area contributed by atoms with Gasteiger partial charge < -0.3 is 32.3 Å². The van der Waals surface area contributed by atoms with Crippen LogP contribution in [0.5, 0.6) is 0 Å². The van der Waals surface area contributed by atoms with Gasteiger partial charge in [0.15, 0.2) is 0 Å². The van der Waals surface area contributed by atoms with Crippen molar-refractivity contribution < 1.29 is 94.1 Å². The minimum Gasteiger partial charge on any atom is -0.402 e. The molecule has 0 fully saturated rings. The summed E-state index contributed by atoms with van der Waals surface area (Å²) >= 11 is 0. The number of alkyl halides is 18. The fourth-order valence-electron chi connectivity index (χ4n) is 2.94. The fourth-order valence-corrected chi connectivity index (χ4v) is 2.94. The van der Waals surface area contributed by atoms with Crippen molar-refractivity contribution in [1.29, 1.82) is 0 Å². The molecule has 0 aliphatic heterocycles. The molecule has 3 rings (SSSR count). The van der Waals surface area contributed by atoms with Crippen LogP contribution < -0.4 is 17.2 Å². The van der Waals surface area contributed by atoms with Crippen LogP contribution in [-0.2, 0) is 37.1 Å². The Bertz CT molecular complexity index is 1240. The highest BCUT2D eigenvalue weighted by molar-refractivity contribution is 6.30. The average Bonchev–Trinajstić information content (AvgIpc) is 2.85. The molecule has 0 radical (unpaired) electrons. The number of hydrogen-bond acceptors (Lipinski definition) is 6. The molecule has 0 heterocycles. The SMILES string of the molecule is Nc1cc(C(F)(F)F)cc(C(F)(F)F)c1.Nc1cc(C(F)(F)F)cc(C(F)(F)F)c1.Nc1cc(C(F)(F)F)cc(C(F)(F)F)c1.OB(O)O. The second-order valence-corrected chi connectivity index (χ2v) is 8.86. The van der Waals surface area contributed by atoms with E-state index in [1.54, 1.807) is 0 Å². The third-order valence-electron chi connectivity index (χ3n) is 4.83. The van der Waals surface area contributed by atoms with Crippen molar-refractivity contribution in [3.8, 4) is 0 Å². The lowest BCUT2D eigenvalue weighted by molar-refractivity contribution is -0.144. The minimum absolute atomic E-state index is 0.0242. The van der Waals surface area contributed by atoms with Gasteiger partial charge in [-0.1, -0.05) is 0 Å². The van der Waals surface area contributed by atoms with E-state index in [2.05, 4.69) is 0 Å². The Hall–Kier alpha value is -4.26. The molecule has 0 saturated carbocycles. The average molecular weight is 749 g/mol. The first-order chi connectivity index (χ1) is 21.5. The zero-order valence-electron chi connectivity index (χ0n) is 23.2. The predicted molar refractivity (Wildman–Crippen MR) is 135 cm³/mol. The van der Waals surface area contributed by atoms with Gasteiger partial charge in [0.2, 0.25) is 0 Å². The van der Waals surface area contributed by atoms with E-state index in [1.807, 2.05) is 0 Å². The van der Waals surface area contributed by atoms with Gasteiger partial charge in [0.05, 0.1) is 33.4 Å². The zero-order valence-corrected chi connectivity index (χ0v) is 23.2. The summed E-state index contributed by atoms with van der Waals surface area (Å²) < 4.78 is 218. The normalized spacial score (nSPS) is 12.4. The first-order valence-electron chi connectivity index (χ1n) is 11.7. The largest absolute Gasteiger partial charge is 0.631 e. The maximum atomic E-state index is 12.1. The van der Waals surface area contributed by atoms with Crippen LogP contribution in [0.2, 0.25) is 0 Å². The van der Waals surface area contributed by atoms with Crippen LogP contribution in [0.1, 0.15) is 33.4 Å². The first kappa shape index (κ1) is 44.7. The van der Waals surface area contributed by atoms with Crippen molar-refractivity contribution in [2.24, 2.45) is 0 Å². The lowest BCUT2D eigenvalue weighted by Gasteiger charge is -2.12. The van der Waals surface area contributed by atoms with E-state index in [9.17, 15) is 79.0 Å². The molecule has 9 N–H and O–H groups in total. The van der Waals surface area contributed by atoms with E-state index in [0.717, 1.165) is 0 Å². The van der Waals surface area contributed by atoms with Crippen molar-refractivity contribution in [2.45, 2.75) is 37.1 Å². The van der Waals surface area contributed by atoms with Crippen LogP contribution in [-0.4, -0.2) is 22.4 Å². The lowest BCUT2D eigenvalue weighted by atomic mass is 10.1. The molecule has 6 nitrogen and oxygen atoms in total. The Morgan fingerprint density at radius 2 is 0.408 bits per heavy atom. The summed E-state index contributed by atoms with van der Waals surface area (Å²) in [7, 11) is -2.17. The van der Waals surface area contributed by atoms with E-state index >= 15 is 0 Å². The highest BCUT2D eigenvalue weighted by Crippen LogP contribution is 2.39. The molecule has 0 amide bonds. The van der Waals surface area contributed by atoms with Crippen LogP contribution in [0.25, 0.3) is 0 Å². The minimum atomic E-state index is -4.84. The van der Waals surface area contributed by atoms with Crippen molar-refractivity contribution in [2.75, 3.05) is 17.2 Å². The van der Waals surface area contributed by atoms with Crippen LogP contribution >= 0.6 is 0 Å². The quantitative estimate of drug-likeness (QED) is 0.0787. The van der Waals surface area contributed by atoms with Gasteiger partial charge in [-0.3, -0.25) is 0 Å². The molecule has 0 aromatic heterocycles. The predicted octanol–water partition coefficient (Wildman–Crippen LogP) is 7.87. The van der Waals surface area contributed by atoms with E-state index in [-0.39, 0.29) is 18.2 Å². The van der Waals surface area contributed by atoms with E-state index in [4.69, 9.17) is 32.3 Å². The number of anilines is 3. The Morgan fingerprint density at radius 1 is 0.306 bits per heavy atom. The summed E-state index contributed by atoms with van der Waals surface area (Å²) in [5, 5.41) is 21.5. The maximum absolute atomic E-state index is 12.1. The molecule has 0 unspecified atom stereocenters. The zero-order chi connectivity index (χ0) is 39.1. The number of rotatable bonds is 0. The molecule has 0 bridgehead atoms. The molecule has 0 saturated heterocycles. The molecule has 49 heavy (non-hydrogen) atoms. The number of nitrogen functional groups attached to an aromatic ring is 3. The molecule has 3 aromatic carbocycles. The number of nitrogens with two attached hydrogens (primary N) is 3. The summed E-state index contributed by atoms with van der Waals surface area (Å²) in [5.74, 6) is 0. The molecular formula is C24H18BF18N3O3. The Morgan fingerprint density at radius 3 is 0.490 bits per heavy atom. The first-order valence-corrected chi connectivity index (χ1v) is 11.7. The topological polar surface area (TPSA) is 139 Å². The van der Waals surface area contributed by atoms with Gasteiger partial charge in [0.25, 0.3) is 0 Å². The Labute approximate surface area is 261 Å². The van der Waals surface area contributed by atoms with E-state index in [0.29, 0.717) is 36.4 Å². The van der Waals surface area contributed by atoms with Crippen molar-refractivity contribution in [3.05, 3.63) is 88.0 Å². The molecule has 0 aliphatic rings. The van der Waals surface area contributed by atoms with Gasteiger partial charge in [-0.2, -0.15) is 79.0 Å². The summed E-state index contributed by atoms with van der Waals surface area (Å²) in [6.07, 6.45) is -29.0. The van der Waals surface area contributed by atoms with Crippen molar-refractivity contribution in [1.82, 2.24) is 0 Å². The lowest BCUT2D eigenvalue weighted by Crippen LogP contribution is -2.11. The van der Waals surface area contributed by atoms with Gasteiger partial charge in [-0.15, -0.1) is 0 Å². The monoisotopic (exact) mass is 749 g/mol. The molecule has 0 aliphatic carbocycles. The highest BCUT2D eigenvalue weighted by Gasteiger charge is 2.39. The second-order valence-electron chi connectivity index (χ2n) is 8.86. The third-order valence-corrected chi connectivity index (χ3v) is 4.83. The Balaban J connectivity index is 0.000000667. The molecule has 276 valence electrons. The molecule has 0 spiro atoms. The van der Waals surface area contributed by atoms with Gasteiger partial charge in [-0.25, -0.2) is 0 Å². The Kier molecular flexibility index (Phi) is 14.6. The molecule has 0 atom stereocenters. The van der Waals surface area contributed by atoms with Crippen LogP contribution in [0, 0.1) is 0 Å². The van der Waals surface area contributed by atoms with Gasteiger partial charge in [0.1, 0.15) is 0 Å². The smallest absolute Gasteiger partial charge is 0.402 e. The van der Waals surface area contributed by atoms with Gasteiger partial charge >= 0.3 is 44.4 Å². The standard InChI is InChI=1S/3C8H5F6N.BH3O3/c3*9-7(10,11)4-1-5(8(12,13)14)3-6(15)2-4;2-1(3)4/h3*1-3H,15H2;2-4H. The second kappa shape index (κ2) is 16.0. The van der Waals surface area contributed by atoms with Gasteiger partial charge in [-0.05, 0) is 54.6 Å². The summed E-state index contributed by atoms with van der Waals surface area (Å²) in [5.41, 5.74) is 4.70. The number of halogens is 18. The molecule has 3 aromatic rings. The van der Waals surface area contributed by atoms with Crippen LogP contribution in [0.4, 0.5) is 96.1 Å². The summed E-state index contributed by atoms with van der Waals surface area (Å²) in [4.78, 5) is 0. The van der Waals surface area contributed by atoms with E-state index < -0.39 is 94.8 Å². The number of benzene rings is 3. The number of hydrogen-bond donors (Lipinski definition) is 6. The summed E-state index contributed by atoms with van der Waals surface area (Å²) in [6.45, 7) is 0. The van der Waals surface area contributed by atoms with E-state index in [1.165, 1.54) is 0 Å². The summed E-state index contributed by atoms with van der Waals surface area (Å²) in [6, 6.07) is 2.79. The fraction of sp³-hybridized carbons (Fsp3) is 0.250. The van der Waals surface area contributed by atoms with Crippen LogP contribution in [0.3, 0.4) is 0 Å². The van der Waals surface area contributed by atoms with Crippen molar-refractivity contribution >= 4 is 24.4 Å². The van der Waals surface area contributed by atoms with Crippen LogP contribution in [0.15, 0.2) is 54.6 Å².